The zero-order chi connectivity index (χ0) is 13.8. The third-order valence-electron chi connectivity index (χ3n) is 2.59. The first-order valence-electron chi connectivity index (χ1n) is 5.56. The van der Waals surface area contributed by atoms with E-state index in [0.29, 0.717) is 22.4 Å². The topological polar surface area (TPSA) is 29.5 Å². The molecule has 100 valence electrons. The highest BCUT2D eigenvalue weighted by Crippen LogP contribution is 2.25. The number of ether oxygens (including phenoxy) is 1. The van der Waals surface area contributed by atoms with E-state index in [4.69, 9.17) is 27.9 Å². The summed E-state index contributed by atoms with van der Waals surface area (Å²) in [5, 5.41) is 10.4. The largest absolute Gasteiger partial charge is 0.489 e. The molecule has 0 aliphatic heterocycles. The minimum atomic E-state index is -0.0459. The van der Waals surface area contributed by atoms with Crippen LogP contribution in [0, 0.1) is 0 Å². The minimum Gasteiger partial charge on any atom is -0.489 e. The van der Waals surface area contributed by atoms with Gasteiger partial charge in [0.25, 0.3) is 0 Å². The van der Waals surface area contributed by atoms with Crippen LogP contribution in [-0.4, -0.2) is 5.11 Å². The molecule has 0 saturated carbocycles. The molecule has 2 aromatic carbocycles. The van der Waals surface area contributed by atoms with E-state index in [0.717, 1.165) is 15.6 Å². The Labute approximate surface area is 130 Å². The molecule has 0 spiro atoms. The van der Waals surface area contributed by atoms with E-state index in [-0.39, 0.29) is 6.61 Å². The van der Waals surface area contributed by atoms with Crippen LogP contribution in [0.25, 0.3) is 0 Å². The predicted octanol–water partition coefficient (Wildman–Crippen LogP) is 4.83. The molecule has 5 heteroatoms. The Morgan fingerprint density at radius 1 is 1.05 bits per heavy atom. The lowest BCUT2D eigenvalue weighted by Crippen LogP contribution is -1.97. The molecular formula is C14H11BrCl2O2. The Morgan fingerprint density at radius 2 is 1.84 bits per heavy atom. The van der Waals surface area contributed by atoms with Gasteiger partial charge in [0.2, 0.25) is 0 Å². The second kappa shape index (κ2) is 6.62. The van der Waals surface area contributed by atoms with Gasteiger partial charge in [-0.1, -0.05) is 39.1 Å². The van der Waals surface area contributed by atoms with Crippen molar-refractivity contribution >= 4 is 39.1 Å². The third kappa shape index (κ3) is 3.86. The Morgan fingerprint density at radius 3 is 2.58 bits per heavy atom. The number of hydrogen-bond donors (Lipinski definition) is 1. The number of rotatable bonds is 4. The summed E-state index contributed by atoms with van der Waals surface area (Å²) in [7, 11) is 0. The maximum absolute atomic E-state index is 9.18. The molecule has 0 heterocycles. The van der Waals surface area contributed by atoms with Gasteiger partial charge in [-0.3, -0.25) is 0 Å². The maximum Gasteiger partial charge on any atom is 0.120 e. The standard InChI is InChI=1S/C14H11BrCl2O2/c15-13-3-2-12(6-9(13)7-18)19-8-10-5-11(16)1-4-14(10)17/h1-6,18H,7-8H2. The van der Waals surface area contributed by atoms with Gasteiger partial charge >= 0.3 is 0 Å². The molecule has 19 heavy (non-hydrogen) atoms. The fraction of sp³-hybridized carbons (Fsp3) is 0.143. The Bertz CT molecular complexity index is 588. The first-order chi connectivity index (χ1) is 9.10. The van der Waals surface area contributed by atoms with Crippen molar-refractivity contribution in [1.82, 2.24) is 0 Å². The summed E-state index contributed by atoms with van der Waals surface area (Å²) in [6.45, 7) is 0.279. The van der Waals surface area contributed by atoms with E-state index in [2.05, 4.69) is 15.9 Å². The van der Waals surface area contributed by atoms with Crippen molar-refractivity contribution in [2.75, 3.05) is 0 Å². The summed E-state index contributed by atoms with van der Waals surface area (Å²) in [6.07, 6.45) is 0. The summed E-state index contributed by atoms with van der Waals surface area (Å²) >= 11 is 15.3. The summed E-state index contributed by atoms with van der Waals surface area (Å²) in [4.78, 5) is 0. The number of halogens is 3. The van der Waals surface area contributed by atoms with Crippen LogP contribution in [-0.2, 0) is 13.2 Å². The molecule has 0 bridgehead atoms. The van der Waals surface area contributed by atoms with E-state index in [1.165, 1.54) is 0 Å². The summed E-state index contributed by atoms with van der Waals surface area (Å²) in [6, 6.07) is 10.7. The van der Waals surface area contributed by atoms with Gasteiger partial charge < -0.3 is 9.84 Å². The highest BCUT2D eigenvalue weighted by molar-refractivity contribution is 9.10. The Kier molecular flexibility index (Phi) is 5.11. The van der Waals surface area contributed by atoms with Crippen LogP contribution in [0.2, 0.25) is 10.0 Å². The molecule has 0 saturated heterocycles. The predicted molar refractivity (Wildman–Crippen MR) is 80.9 cm³/mol. The van der Waals surface area contributed by atoms with Crippen LogP contribution in [0.4, 0.5) is 0 Å². The Hall–Kier alpha value is -0.740. The molecule has 0 aromatic heterocycles. The van der Waals surface area contributed by atoms with E-state index >= 15 is 0 Å². The molecule has 2 aromatic rings. The van der Waals surface area contributed by atoms with Gasteiger partial charge in [-0.2, -0.15) is 0 Å². The number of hydrogen-bond acceptors (Lipinski definition) is 2. The molecule has 0 aliphatic rings. The fourth-order valence-corrected chi connectivity index (χ4v) is 2.32. The van der Waals surface area contributed by atoms with E-state index < -0.39 is 0 Å². The van der Waals surface area contributed by atoms with Gasteiger partial charge in [0, 0.05) is 20.1 Å². The molecular weight excluding hydrogens is 351 g/mol. The maximum atomic E-state index is 9.18. The number of benzene rings is 2. The molecule has 0 atom stereocenters. The quantitative estimate of drug-likeness (QED) is 0.845. The van der Waals surface area contributed by atoms with E-state index in [1.54, 1.807) is 24.3 Å². The summed E-state index contributed by atoms with van der Waals surface area (Å²) in [5.41, 5.74) is 1.59. The van der Waals surface area contributed by atoms with Crippen molar-refractivity contribution in [3.8, 4) is 5.75 Å². The molecule has 2 nitrogen and oxygen atoms in total. The average Bonchev–Trinajstić information content (AvgIpc) is 2.41. The van der Waals surface area contributed by atoms with Crippen molar-refractivity contribution in [1.29, 1.82) is 0 Å². The monoisotopic (exact) mass is 360 g/mol. The van der Waals surface area contributed by atoms with Crippen LogP contribution in [0.15, 0.2) is 40.9 Å². The lowest BCUT2D eigenvalue weighted by Gasteiger charge is -2.10. The zero-order valence-electron chi connectivity index (χ0n) is 9.87. The average molecular weight is 362 g/mol. The van der Waals surface area contributed by atoms with Gasteiger partial charge in [0.15, 0.2) is 0 Å². The highest BCUT2D eigenvalue weighted by Gasteiger charge is 2.05. The normalized spacial score (nSPS) is 10.5. The third-order valence-corrected chi connectivity index (χ3v) is 3.97. The lowest BCUT2D eigenvalue weighted by molar-refractivity contribution is 0.277. The van der Waals surface area contributed by atoms with Crippen LogP contribution in [0.1, 0.15) is 11.1 Å². The highest BCUT2D eigenvalue weighted by atomic mass is 79.9. The van der Waals surface area contributed by atoms with Gasteiger partial charge in [-0.25, -0.2) is 0 Å². The van der Waals surface area contributed by atoms with Crippen molar-refractivity contribution in [3.05, 3.63) is 62.0 Å². The lowest BCUT2D eigenvalue weighted by atomic mass is 10.2. The molecule has 1 N–H and O–H groups in total. The SMILES string of the molecule is OCc1cc(OCc2cc(Cl)ccc2Cl)ccc1Br. The minimum absolute atomic E-state index is 0.0459. The second-order valence-corrected chi connectivity index (χ2v) is 5.63. The first-order valence-corrected chi connectivity index (χ1v) is 7.11. The molecule has 0 unspecified atom stereocenters. The van der Waals surface area contributed by atoms with E-state index in [9.17, 15) is 5.11 Å². The summed E-state index contributed by atoms with van der Waals surface area (Å²) < 4.78 is 6.50. The molecule has 0 radical (unpaired) electrons. The number of aliphatic hydroxyl groups is 1. The summed E-state index contributed by atoms with van der Waals surface area (Å²) in [5.74, 6) is 0.670. The molecule has 0 fully saturated rings. The smallest absolute Gasteiger partial charge is 0.120 e. The second-order valence-electron chi connectivity index (χ2n) is 3.94. The molecule has 0 aliphatic carbocycles. The van der Waals surface area contributed by atoms with Crippen LogP contribution in [0.5, 0.6) is 5.75 Å². The van der Waals surface area contributed by atoms with Crippen molar-refractivity contribution in [2.45, 2.75) is 13.2 Å². The van der Waals surface area contributed by atoms with Gasteiger partial charge in [-0.05, 0) is 42.0 Å². The van der Waals surface area contributed by atoms with Crippen molar-refractivity contribution in [3.63, 3.8) is 0 Å². The van der Waals surface area contributed by atoms with Crippen LogP contribution >= 0.6 is 39.1 Å². The van der Waals surface area contributed by atoms with Gasteiger partial charge in [0.05, 0.1) is 6.61 Å². The van der Waals surface area contributed by atoms with Crippen molar-refractivity contribution < 1.29 is 9.84 Å². The zero-order valence-corrected chi connectivity index (χ0v) is 13.0. The van der Waals surface area contributed by atoms with Gasteiger partial charge in [0.1, 0.15) is 12.4 Å². The molecule has 2 rings (SSSR count). The Balaban J connectivity index is 2.12. The first kappa shape index (κ1) is 14.7. The van der Waals surface area contributed by atoms with Crippen LogP contribution in [0.3, 0.4) is 0 Å². The van der Waals surface area contributed by atoms with Gasteiger partial charge in [-0.15, -0.1) is 0 Å². The van der Waals surface area contributed by atoms with Crippen molar-refractivity contribution in [2.24, 2.45) is 0 Å². The van der Waals surface area contributed by atoms with E-state index in [1.807, 2.05) is 12.1 Å². The van der Waals surface area contributed by atoms with Crippen LogP contribution < -0.4 is 4.74 Å². The molecule has 0 amide bonds. The number of aliphatic hydroxyl groups excluding tert-OH is 1. The fourth-order valence-electron chi connectivity index (χ4n) is 1.58.